The van der Waals surface area contributed by atoms with Crippen molar-refractivity contribution in [3.63, 3.8) is 0 Å². The summed E-state index contributed by atoms with van der Waals surface area (Å²) >= 11 is 18.5. The van der Waals surface area contributed by atoms with Gasteiger partial charge in [-0.05, 0) is 135 Å². The van der Waals surface area contributed by atoms with Gasteiger partial charge in [-0.15, -0.1) is 0 Å². The molecule has 4 aromatic carbocycles. The van der Waals surface area contributed by atoms with Crippen molar-refractivity contribution in [3.05, 3.63) is 118 Å². The standard InChI is InChI=1S/C17H21N5O3S.C15H18ClN3O.C14H19ClN4O2S.C13H17ClN4O2S/c1-17(2)11-21(5-6-22(17)26(3,23)24)15-9-12(16-18-4-7-25-16)8-14-13(15)10-19-20-14;1-2-15(20)19-5-3-10(4-6-19)12-7-11(16)8-14-13(12)9-17-18-14;1-18(2)22(20,21)19-5-3-10(4-6-19)12-7-11(15)8-14-13(12)9-16-17-14;1-15-21(19,20)18-4-2-9(3-5-18)11-6-10(14)7-13-12(11)8-16-17-13/h4,7-10H,5-6,11H2,1-3H3,(H,19,20);7-10H,2-6H2,1H3,(H,17,18);7-10H,3-6H2,1-2H3,(H,16,17);6-9,15H,2-5H2,1H3,(H,16,17). The molecule has 13 rings (SSSR count). The summed E-state index contributed by atoms with van der Waals surface area (Å²) in [6.45, 7) is 11.2. The van der Waals surface area contributed by atoms with Gasteiger partial charge in [-0.25, -0.2) is 18.1 Å². The molecule has 4 saturated heterocycles. The predicted molar refractivity (Wildman–Crippen MR) is 349 cm³/mol. The van der Waals surface area contributed by atoms with E-state index < -0.39 is 36.0 Å². The maximum Gasteiger partial charge on any atom is 0.281 e. The number of likely N-dealkylation sites (tertiary alicyclic amines) is 1. The Morgan fingerprint density at radius 2 is 1.07 bits per heavy atom. The van der Waals surface area contributed by atoms with E-state index in [1.807, 2.05) is 86.6 Å². The van der Waals surface area contributed by atoms with E-state index in [-0.39, 0.29) is 5.91 Å². The maximum absolute atomic E-state index is 12.2. The first-order chi connectivity index (χ1) is 42.3. The van der Waals surface area contributed by atoms with Gasteiger partial charge in [-0.2, -0.15) is 54.5 Å². The van der Waals surface area contributed by atoms with Crippen LogP contribution >= 0.6 is 34.8 Å². The molecule has 4 fully saturated rings. The van der Waals surface area contributed by atoms with E-state index in [1.54, 1.807) is 47.6 Å². The van der Waals surface area contributed by atoms with Crippen LogP contribution in [0.3, 0.4) is 0 Å². The average molecular weight is 1340 g/mol. The maximum atomic E-state index is 12.2. The summed E-state index contributed by atoms with van der Waals surface area (Å²) in [5.41, 5.74) is 8.60. The van der Waals surface area contributed by atoms with Crippen LogP contribution in [0, 0.1) is 0 Å². The lowest BCUT2D eigenvalue weighted by molar-refractivity contribution is -0.131. The smallest absolute Gasteiger partial charge is 0.281 e. The summed E-state index contributed by atoms with van der Waals surface area (Å²) in [7, 11) is -5.34. The highest BCUT2D eigenvalue weighted by Gasteiger charge is 2.40. The lowest BCUT2D eigenvalue weighted by Crippen LogP contribution is -2.60. The van der Waals surface area contributed by atoms with Crippen LogP contribution in [-0.2, 0) is 35.2 Å². The van der Waals surface area contributed by atoms with Gasteiger partial charge in [0.05, 0.1) is 59.3 Å². The quantitative estimate of drug-likeness (QED) is 0.0806. The van der Waals surface area contributed by atoms with E-state index in [0.717, 1.165) is 123 Å². The van der Waals surface area contributed by atoms with Gasteiger partial charge in [0.15, 0.2) is 0 Å². The van der Waals surface area contributed by atoms with E-state index in [2.05, 4.69) is 55.4 Å². The van der Waals surface area contributed by atoms with Crippen LogP contribution < -0.4 is 9.62 Å². The number of benzene rings is 4. The van der Waals surface area contributed by atoms with Crippen LogP contribution in [0.5, 0.6) is 0 Å². The molecular weight excluding hydrogens is 1260 g/mol. The molecule has 24 nitrogen and oxygen atoms in total. The topological polar surface area (TPSA) is 292 Å². The summed E-state index contributed by atoms with van der Waals surface area (Å²) in [5.74, 6) is 1.84. The fourth-order valence-corrected chi connectivity index (χ4v) is 16.8. The van der Waals surface area contributed by atoms with E-state index in [4.69, 9.17) is 39.2 Å². The molecule has 0 atom stereocenters. The predicted octanol–water partition coefficient (Wildman–Crippen LogP) is 9.47. The van der Waals surface area contributed by atoms with Crippen LogP contribution in [-0.4, -0.2) is 191 Å². The minimum Gasteiger partial charge on any atom is -0.445 e. The van der Waals surface area contributed by atoms with Gasteiger partial charge in [-0.3, -0.25) is 25.2 Å². The summed E-state index contributed by atoms with van der Waals surface area (Å²) in [4.78, 5) is 20.1. The molecule has 30 heteroatoms. The second kappa shape index (κ2) is 27.3. The Hall–Kier alpha value is -6.24. The minimum atomic E-state index is -3.33. The Morgan fingerprint density at radius 3 is 1.47 bits per heavy atom. The van der Waals surface area contributed by atoms with Crippen molar-refractivity contribution in [1.29, 1.82) is 0 Å². The third-order valence-electron chi connectivity index (χ3n) is 17.2. The molecule has 0 unspecified atom stereocenters. The fraction of sp³-hybridized carbons (Fsp3) is 0.458. The molecule has 0 bridgehead atoms. The SMILES string of the molecule is CC1(C)CN(c2cc(-c3ncco3)cc3[nH]ncc23)CCN1S(C)(=O)=O.CCC(=O)N1CCC(c2cc(Cl)cc3[nH]ncc23)CC1.CN(C)S(=O)(=O)N1CCC(c2cc(Cl)cc3[nH]ncc23)CC1.CNS(=O)(=O)N1CCC(c2cc(Cl)cc3[nH]ncc23)CC1. The number of carbonyl (C=O) groups is 1. The first-order valence-corrected chi connectivity index (χ1v) is 35.3. The van der Waals surface area contributed by atoms with Crippen molar-refractivity contribution in [3.8, 4) is 11.5 Å². The Balaban J connectivity index is 0.000000131. The summed E-state index contributed by atoms with van der Waals surface area (Å²) in [6.07, 6.45) is 17.4. The number of fused-ring (bicyclic) bond motifs is 4. The number of carbonyl (C=O) groups excluding carboxylic acids is 1. The summed E-state index contributed by atoms with van der Waals surface area (Å²) < 4.78 is 85.8. The van der Waals surface area contributed by atoms with E-state index in [1.165, 1.54) is 27.5 Å². The highest BCUT2D eigenvalue weighted by molar-refractivity contribution is 7.88. The molecule has 5 aromatic heterocycles. The summed E-state index contributed by atoms with van der Waals surface area (Å²) in [5, 5.41) is 34.6. The van der Waals surface area contributed by atoms with Gasteiger partial charge in [0.2, 0.25) is 21.8 Å². The minimum absolute atomic E-state index is 0.253. The molecule has 5 N–H and O–H groups in total. The number of nitrogens with one attached hydrogen (secondary N) is 5. The molecule has 0 radical (unpaired) electrons. The zero-order valence-electron chi connectivity index (χ0n) is 50.7. The van der Waals surface area contributed by atoms with Gasteiger partial charge >= 0.3 is 0 Å². The van der Waals surface area contributed by atoms with Gasteiger partial charge in [-0.1, -0.05) is 41.7 Å². The molecule has 478 valence electrons. The van der Waals surface area contributed by atoms with E-state index in [0.29, 0.717) is 85.9 Å². The van der Waals surface area contributed by atoms with Crippen molar-refractivity contribution < 1.29 is 34.5 Å². The van der Waals surface area contributed by atoms with Crippen LogP contribution in [0.25, 0.3) is 55.1 Å². The van der Waals surface area contributed by atoms with E-state index in [9.17, 15) is 30.0 Å². The van der Waals surface area contributed by atoms with Crippen LogP contribution in [0.4, 0.5) is 5.69 Å². The molecule has 9 heterocycles. The largest absolute Gasteiger partial charge is 0.445 e. The highest BCUT2D eigenvalue weighted by atomic mass is 35.5. The van der Waals surface area contributed by atoms with Crippen molar-refractivity contribution in [2.24, 2.45) is 0 Å². The Bertz CT molecular complexity index is 4290. The number of piperidine rings is 3. The van der Waals surface area contributed by atoms with Gasteiger partial charge in [0.1, 0.15) is 6.26 Å². The van der Waals surface area contributed by atoms with Gasteiger partial charge in [0.25, 0.3) is 20.4 Å². The second-order valence-electron chi connectivity index (χ2n) is 23.6. The number of halogens is 3. The number of rotatable bonds is 11. The fourth-order valence-electron chi connectivity index (χ4n) is 12.7. The highest BCUT2D eigenvalue weighted by Crippen LogP contribution is 2.40. The van der Waals surface area contributed by atoms with Crippen molar-refractivity contribution in [2.75, 3.05) is 91.2 Å². The van der Waals surface area contributed by atoms with Crippen molar-refractivity contribution in [1.82, 2.24) is 72.6 Å². The van der Waals surface area contributed by atoms with Crippen LogP contribution in [0.15, 0.2) is 90.2 Å². The van der Waals surface area contributed by atoms with E-state index >= 15 is 0 Å². The average Bonchev–Trinajstić information content (AvgIpc) is 3.74. The lowest BCUT2D eigenvalue weighted by Gasteiger charge is -2.46. The monoisotopic (exact) mass is 1340 g/mol. The zero-order valence-corrected chi connectivity index (χ0v) is 55.4. The van der Waals surface area contributed by atoms with Crippen molar-refractivity contribution >= 4 is 120 Å². The van der Waals surface area contributed by atoms with Crippen molar-refractivity contribution in [2.45, 2.75) is 89.0 Å². The van der Waals surface area contributed by atoms with Gasteiger partial charge in [0, 0.05) is 140 Å². The number of nitrogens with zero attached hydrogens (tertiary/aromatic N) is 11. The molecule has 0 spiro atoms. The number of aromatic nitrogens is 9. The number of piperazine rings is 1. The molecule has 4 aliphatic rings. The lowest BCUT2D eigenvalue weighted by atomic mass is 9.87. The first kappa shape index (κ1) is 65.7. The second-order valence-corrected chi connectivity index (χ2v) is 30.8. The Kier molecular flexibility index (Phi) is 20.2. The molecule has 0 aliphatic carbocycles. The third-order valence-corrected chi connectivity index (χ3v) is 22.8. The number of oxazole rings is 1. The summed E-state index contributed by atoms with van der Waals surface area (Å²) in [6, 6.07) is 15.6. The number of anilines is 1. The Morgan fingerprint density at radius 1 is 0.629 bits per heavy atom. The zero-order chi connectivity index (χ0) is 63.6. The number of aromatic amines is 4. The van der Waals surface area contributed by atoms with Gasteiger partial charge < -0.3 is 14.2 Å². The molecular formula is C59H75Cl3N16O8S3. The number of hydrogen-bond donors (Lipinski definition) is 5. The number of hydrogen-bond acceptors (Lipinski definition) is 14. The van der Waals surface area contributed by atoms with Crippen LogP contribution in [0.2, 0.25) is 15.1 Å². The normalized spacial score (nSPS) is 18.1. The number of sulfonamides is 1. The van der Waals surface area contributed by atoms with Crippen LogP contribution in [0.1, 0.15) is 100 Å². The number of amides is 1. The third kappa shape index (κ3) is 14.8. The first-order valence-electron chi connectivity index (χ1n) is 29.5. The number of H-pyrrole nitrogens is 4. The molecule has 0 saturated carbocycles. The molecule has 4 aliphatic heterocycles. The molecule has 9 aromatic rings. The molecule has 1 amide bonds. The molecule has 89 heavy (non-hydrogen) atoms. The Labute approximate surface area is 533 Å².